The fraction of sp³-hybridized carbons (Fsp3) is 0.455. The van der Waals surface area contributed by atoms with Crippen LogP contribution in [0.5, 0.6) is 0 Å². The van der Waals surface area contributed by atoms with E-state index in [0.29, 0.717) is 6.61 Å². The second-order valence-corrected chi connectivity index (χ2v) is 4.30. The van der Waals surface area contributed by atoms with E-state index in [4.69, 9.17) is 16.3 Å². The highest BCUT2D eigenvalue weighted by molar-refractivity contribution is 9.09. The van der Waals surface area contributed by atoms with Crippen molar-refractivity contribution < 1.29 is 4.74 Å². The second kappa shape index (κ2) is 5.15. The molecule has 3 heteroatoms. The third-order valence-electron chi connectivity index (χ3n) is 2.17. The molecule has 0 aliphatic rings. The lowest BCUT2D eigenvalue weighted by molar-refractivity contribution is -0.00892. The molecule has 1 aromatic rings. The molecule has 0 amide bonds. The molecule has 0 spiro atoms. The van der Waals surface area contributed by atoms with Crippen molar-refractivity contribution >= 4 is 27.5 Å². The number of hydrogen-bond acceptors (Lipinski definition) is 1. The van der Waals surface area contributed by atoms with Gasteiger partial charge in [0.05, 0.1) is 5.60 Å². The van der Waals surface area contributed by atoms with Crippen molar-refractivity contribution in [1.29, 1.82) is 0 Å². The lowest BCUT2D eigenvalue weighted by Crippen LogP contribution is -2.27. The van der Waals surface area contributed by atoms with Gasteiger partial charge in [0, 0.05) is 17.0 Å². The molecular formula is C11H14BrClO. The van der Waals surface area contributed by atoms with E-state index in [2.05, 4.69) is 22.9 Å². The number of ether oxygens (including phenoxy) is 1. The van der Waals surface area contributed by atoms with Crippen molar-refractivity contribution in [2.75, 3.05) is 11.9 Å². The van der Waals surface area contributed by atoms with Crippen molar-refractivity contribution in [2.45, 2.75) is 19.4 Å². The van der Waals surface area contributed by atoms with Crippen LogP contribution >= 0.6 is 27.5 Å². The Morgan fingerprint density at radius 2 is 1.93 bits per heavy atom. The summed E-state index contributed by atoms with van der Waals surface area (Å²) in [6.45, 7) is 4.76. The summed E-state index contributed by atoms with van der Waals surface area (Å²) in [5.41, 5.74) is 0.875. The maximum Gasteiger partial charge on any atom is 0.0999 e. The Kier molecular flexibility index (Phi) is 4.42. The van der Waals surface area contributed by atoms with Crippen LogP contribution in [0.4, 0.5) is 0 Å². The Balaban J connectivity index is 2.94. The van der Waals surface area contributed by atoms with Crippen LogP contribution in [0.15, 0.2) is 24.3 Å². The van der Waals surface area contributed by atoms with Gasteiger partial charge >= 0.3 is 0 Å². The van der Waals surface area contributed by atoms with Crippen LogP contribution in [0.25, 0.3) is 0 Å². The molecule has 78 valence electrons. The summed E-state index contributed by atoms with van der Waals surface area (Å²) in [4.78, 5) is 0. The quantitative estimate of drug-likeness (QED) is 0.756. The first kappa shape index (κ1) is 12.0. The molecular weight excluding hydrogens is 263 g/mol. The van der Waals surface area contributed by atoms with Gasteiger partial charge in [-0.3, -0.25) is 0 Å². The predicted molar refractivity (Wildman–Crippen MR) is 64.2 cm³/mol. The lowest BCUT2D eigenvalue weighted by Gasteiger charge is -2.27. The molecule has 0 N–H and O–H groups in total. The van der Waals surface area contributed by atoms with Gasteiger partial charge in [-0.2, -0.15) is 0 Å². The highest BCUT2D eigenvalue weighted by Gasteiger charge is 2.25. The number of alkyl halides is 1. The zero-order chi connectivity index (χ0) is 10.6. The summed E-state index contributed by atoms with van der Waals surface area (Å²) < 4.78 is 5.71. The van der Waals surface area contributed by atoms with E-state index in [0.717, 1.165) is 15.9 Å². The third kappa shape index (κ3) is 2.72. The molecule has 0 saturated carbocycles. The van der Waals surface area contributed by atoms with Crippen molar-refractivity contribution in [3.05, 3.63) is 34.9 Å². The Bertz CT molecular complexity index is 286. The lowest BCUT2D eigenvalue weighted by atomic mass is 9.98. The molecule has 0 heterocycles. The first-order chi connectivity index (χ1) is 6.62. The first-order valence-electron chi connectivity index (χ1n) is 4.58. The summed E-state index contributed by atoms with van der Waals surface area (Å²) in [7, 11) is 0. The van der Waals surface area contributed by atoms with E-state index >= 15 is 0 Å². The van der Waals surface area contributed by atoms with Gasteiger partial charge in [0.1, 0.15) is 0 Å². The van der Waals surface area contributed by atoms with Gasteiger partial charge in [-0.15, -0.1) is 0 Å². The Morgan fingerprint density at radius 1 is 1.36 bits per heavy atom. The first-order valence-corrected chi connectivity index (χ1v) is 6.08. The Labute approximate surface area is 98.5 Å². The van der Waals surface area contributed by atoms with Crippen molar-refractivity contribution in [1.82, 2.24) is 0 Å². The topological polar surface area (TPSA) is 9.23 Å². The van der Waals surface area contributed by atoms with E-state index in [1.807, 2.05) is 31.2 Å². The molecule has 1 aromatic carbocycles. The summed E-state index contributed by atoms with van der Waals surface area (Å²) in [5, 5.41) is 1.53. The van der Waals surface area contributed by atoms with Crippen LogP contribution in [0.1, 0.15) is 19.4 Å². The molecule has 0 bridgehead atoms. The molecule has 0 fully saturated rings. The monoisotopic (exact) mass is 276 g/mol. The zero-order valence-corrected chi connectivity index (χ0v) is 10.7. The number of hydrogen-bond donors (Lipinski definition) is 0. The van der Waals surface area contributed by atoms with E-state index < -0.39 is 0 Å². The smallest absolute Gasteiger partial charge is 0.0999 e. The van der Waals surface area contributed by atoms with E-state index in [1.165, 1.54) is 0 Å². The van der Waals surface area contributed by atoms with Crippen LogP contribution in [0.2, 0.25) is 5.02 Å². The fourth-order valence-electron chi connectivity index (χ4n) is 1.32. The Morgan fingerprint density at radius 3 is 2.36 bits per heavy atom. The highest BCUT2D eigenvalue weighted by Crippen LogP contribution is 2.28. The van der Waals surface area contributed by atoms with Gasteiger partial charge in [-0.05, 0) is 31.5 Å². The summed E-state index contributed by atoms with van der Waals surface area (Å²) in [6.07, 6.45) is 0. The van der Waals surface area contributed by atoms with Crippen LogP contribution in [-0.4, -0.2) is 11.9 Å². The minimum Gasteiger partial charge on any atom is -0.370 e. The molecule has 1 nitrogen and oxygen atoms in total. The van der Waals surface area contributed by atoms with Gasteiger partial charge < -0.3 is 4.74 Å². The van der Waals surface area contributed by atoms with E-state index in [9.17, 15) is 0 Å². The molecule has 1 unspecified atom stereocenters. The molecule has 0 aromatic heterocycles. The van der Waals surface area contributed by atoms with Crippen molar-refractivity contribution in [2.24, 2.45) is 0 Å². The van der Waals surface area contributed by atoms with Crippen LogP contribution in [-0.2, 0) is 10.3 Å². The Hall–Kier alpha value is -0.0500. The maximum absolute atomic E-state index is 5.83. The fourth-order valence-corrected chi connectivity index (χ4v) is 1.93. The molecule has 1 atom stereocenters. The van der Waals surface area contributed by atoms with Gasteiger partial charge in [0.2, 0.25) is 0 Å². The summed E-state index contributed by atoms with van der Waals surface area (Å²) >= 11 is 9.30. The molecule has 14 heavy (non-hydrogen) atoms. The van der Waals surface area contributed by atoms with Crippen LogP contribution in [0.3, 0.4) is 0 Å². The molecule has 1 rings (SSSR count). The van der Waals surface area contributed by atoms with Crippen LogP contribution in [0, 0.1) is 0 Å². The van der Waals surface area contributed by atoms with Crippen molar-refractivity contribution in [3.63, 3.8) is 0 Å². The average molecular weight is 278 g/mol. The van der Waals surface area contributed by atoms with E-state index in [-0.39, 0.29) is 5.60 Å². The summed E-state index contributed by atoms with van der Waals surface area (Å²) in [6, 6.07) is 7.77. The van der Waals surface area contributed by atoms with Crippen molar-refractivity contribution in [3.8, 4) is 0 Å². The van der Waals surface area contributed by atoms with E-state index in [1.54, 1.807) is 0 Å². The third-order valence-corrected chi connectivity index (χ3v) is 3.49. The van der Waals surface area contributed by atoms with Gasteiger partial charge in [-0.1, -0.05) is 39.7 Å². The molecule has 0 saturated heterocycles. The second-order valence-electron chi connectivity index (χ2n) is 3.30. The predicted octanol–water partition coefficient (Wildman–Crippen LogP) is 3.99. The number of halogens is 2. The van der Waals surface area contributed by atoms with Gasteiger partial charge in [-0.25, -0.2) is 0 Å². The zero-order valence-electron chi connectivity index (χ0n) is 8.39. The molecule has 0 aliphatic carbocycles. The largest absolute Gasteiger partial charge is 0.370 e. The normalized spacial score (nSPS) is 15.1. The van der Waals surface area contributed by atoms with Gasteiger partial charge in [0.25, 0.3) is 0 Å². The molecule has 0 aliphatic heterocycles. The number of rotatable bonds is 4. The van der Waals surface area contributed by atoms with Crippen LogP contribution < -0.4 is 0 Å². The standard InChI is InChI=1S/C11H14BrClO/c1-3-14-11(2,8-12)9-4-6-10(13)7-5-9/h4-7H,3,8H2,1-2H3. The minimum absolute atomic E-state index is 0.265. The molecule has 0 radical (unpaired) electrons. The highest BCUT2D eigenvalue weighted by atomic mass is 79.9. The minimum atomic E-state index is -0.265. The SMILES string of the molecule is CCOC(C)(CBr)c1ccc(Cl)cc1. The maximum atomic E-state index is 5.83. The summed E-state index contributed by atoms with van der Waals surface area (Å²) in [5.74, 6) is 0. The average Bonchev–Trinajstić information content (AvgIpc) is 2.19. The van der Waals surface area contributed by atoms with Gasteiger partial charge in [0.15, 0.2) is 0 Å². The number of benzene rings is 1.